The molecule has 1 atom stereocenters. The molecular weight excluding hydrogens is 444 g/mol. The Kier molecular flexibility index (Phi) is 6.91. The molecule has 0 amide bonds. The molecule has 0 spiro atoms. The molecule has 0 aliphatic carbocycles. The fourth-order valence-electron chi connectivity index (χ4n) is 3.99. The predicted molar refractivity (Wildman–Crippen MR) is 125 cm³/mol. The minimum absolute atomic E-state index is 0.0614. The average Bonchev–Trinajstić information content (AvgIpc) is 3.39. The zero-order valence-corrected chi connectivity index (χ0v) is 20.5. The Morgan fingerprint density at radius 3 is 2.58 bits per heavy atom. The summed E-state index contributed by atoms with van der Waals surface area (Å²) in [5.41, 5.74) is 0.402. The van der Waals surface area contributed by atoms with E-state index in [1.165, 1.54) is 11.3 Å². The van der Waals surface area contributed by atoms with Gasteiger partial charge in [0.15, 0.2) is 5.82 Å². The number of nitrogens with zero attached hydrogens (tertiary/aromatic N) is 5. The summed E-state index contributed by atoms with van der Waals surface area (Å²) in [6, 6.07) is -0.0614. The third-order valence-electron chi connectivity index (χ3n) is 5.99. The first-order chi connectivity index (χ1) is 15.8. The zero-order chi connectivity index (χ0) is 23.7. The SMILES string of the molecule is CCOC(=O)c1sc2nc([C@@H](C)N3CCN(Cc4nc(C(C)C)no4)CC3)[nH]c(=O)c2c1C. The molecule has 11 heteroatoms. The van der Waals surface area contributed by atoms with Gasteiger partial charge in [-0.25, -0.2) is 9.78 Å². The fourth-order valence-corrected chi connectivity index (χ4v) is 5.07. The summed E-state index contributed by atoms with van der Waals surface area (Å²) in [6.45, 7) is 13.9. The fraction of sp³-hybridized carbons (Fsp3) is 0.591. The molecule has 1 fully saturated rings. The molecule has 0 aromatic carbocycles. The van der Waals surface area contributed by atoms with E-state index in [0.717, 1.165) is 32.0 Å². The van der Waals surface area contributed by atoms with Crippen molar-refractivity contribution in [3.8, 4) is 0 Å². The number of nitrogens with one attached hydrogen (secondary N) is 1. The molecule has 1 N–H and O–H groups in total. The van der Waals surface area contributed by atoms with Crippen LogP contribution in [-0.2, 0) is 11.3 Å². The van der Waals surface area contributed by atoms with Crippen molar-refractivity contribution >= 4 is 27.5 Å². The van der Waals surface area contributed by atoms with Crippen molar-refractivity contribution in [2.24, 2.45) is 0 Å². The molecule has 1 aliphatic heterocycles. The van der Waals surface area contributed by atoms with Crippen LogP contribution in [0.3, 0.4) is 0 Å². The zero-order valence-electron chi connectivity index (χ0n) is 19.7. The number of esters is 1. The molecule has 0 saturated carbocycles. The van der Waals surface area contributed by atoms with E-state index in [0.29, 0.717) is 38.9 Å². The van der Waals surface area contributed by atoms with Gasteiger partial charge in [-0.1, -0.05) is 19.0 Å². The minimum atomic E-state index is -0.412. The van der Waals surface area contributed by atoms with Crippen LogP contribution in [0.15, 0.2) is 9.32 Å². The van der Waals surface area contributed by atoms with E-state index in [2.05, 4.69) is 24.9 Å². The quantitative estimate of drug-likeness (QED) is 0.516. The largest absolute Gasteiger partial charge is 0.462 e. The minimum Gasteiger partial charge on any atom is -0.462 e. The highest BCUT2D eigenvalue weighted by molar-refractivity contribution is 7.20. The summed E-state index contributed by atoms with van der Waals surface area (Å²) < 4.78 is 10.5. The molecular formula is C22H30N6O4S. The molecule has 10 nitrogen and oxygen atoms in total. The second-order valence-electron chi connectivity index (χ2n) is 8.60. The van der Waals surface area contributed by atoms with Crippen LogP contribution in [0, 0.1) is 6.92 Å². The normalized spacial score (nSPS) is 16.5. The van der Waals surface area contributed by atoms with E-state index < -0.39 is 5.97 Å². The number of piperazine rings is 1. The number of aryl methyl sites for hydroxylation is 1. The summed E-state index contributed by atoms with van der Waals surface area (Å²) in [6.07, 6.45) is 0. The van der Waals surface area contributed by atoms with E-state index in [4.69, 9.17) is 14.2 Å². The number of H-pyrrole nitrogens is 1. The molecule has 0 unspecified atom stereocenters. The van der Waals surface area contributed by atoms with Gasteiger partial charge < -0.3 is 14.2 Å². The molecule has 3 aromatic heterocycles. The Morgan fingerprint density at radius 2 is 1.94 bits per heavy atom. The number of carbonyl (C=O) groups is 1. The maximum atomic E-state index is 12.8. The van der Waals surface area contributed by atoms with Gasteiger partial charge in [-0.05, 0) is 26.3 Å². The Hall–Kier alpha value is -2.63. The van der Waals surface area contributed by atoms with E-state index in [1.807, 2.05) is 20.8 Å². The van der Waals surface area contributed by atoms with Gasteiger partial charge in [-0.2, -0.15) is 4.98 Å². The van der Waals surface area contributed by atoms with Crippen LogP contribution in [0.2, 0.25) is 0 Å². The molecule has 178 valence electrons. The maximum absolute atomic E-state index is 12.8. The van der Waals surface area contributed by atoms with Gasteiger partial charge in [0.2, 0.25) is 5.89 Å². The van der Waals surface area contributed by atoms with Crippen molar-refractivity contribution < 1.29 is 14.1 Å². The molecule has 0 radical (unpaired) electrons. The Bertz CT molecular complexity index is 1190. The standard InChI is InChI=1S/C22H30N6O4S/c1-6-31-22(30)17-13(4)16-20(29)24-19(25-21(16)33-17)14(5)28-9-7-27(8-10-28)11-15-23-18(12(2)3)26-32-15/h12,14H,6-11H2,1-5H3,(H,24,25,29)/t14-/m1/s1. The van der Waals surface area contributed by atoms with Crippen molar-refractivity contribution in [3.05, 3.63) is 38.3 Å². The van der Waals surface area contributed by atoms with Gasteiger partial charge in [-0.3, -0.25) is 14.6 Å². The highest BCUT2D eigenvalue weighted by atomic mass is 32.1. The maximum Gasteiger partial charge on any atom is 0.348 e. The third-order valence-corrected chi connectivity index (χ3v) is 7.15. The molecule has 0 bridgehead atoms. The van der Waals surface area contributed by atoms with Gasteiger partial charge in [0, 0.05) is 32.1 Å². The molecule has 4 rings (SSSR count). The van der Waals surface area contributed by atoms with Crippen LogP contribution in [0.1, 0.15) is 72.4 Å². The number of aromatic amines is 1. The van der Waals surface area contributed by atoms with E-state index in [-0.39, 0.29) is 24.1 Å². The third kappa shape index (κ3) is 4.85. The van der Waals surface area contributed by atoms with Crippen LogP contribution in [-0.4, -0.2) is 68.7 Å². The number of carbonyl (C=O) groups excluding carboxylic acids is 1. The van der Waals surface area contributed by atoms with Gasteiger partial charge in [-0.15, -0.1) is 11.3 Å². The lowest BCUT2D eigenvalue weighted by Gasteiger charge is -2.37. The Labute approximate surface area is 195 Å². The first-order valence-electron chi connectivity index (χ1n) is 11.3. The number of hydrogen-bond acceptors (Lipinski definition) is 10. The predicted octanol–water partition coefficient (Wildman–Crippen LogP) is 2.85. The molecule has 33 heavy (non-hydrogen) atoms. The second kappa shape index (κ2) is 9.70. The van der Waals surface area contributed by atoms with Gasteiger partial charge in [0.25, 0.3) is 5.56 Å². The molecule has 4 heterocycles. The summed E-state index contributed by atoms with van der Waals surface area (Å²) in [5, 5.41) is 4.50. The number of rotatable bonds is 7. The second-order valence-corrected chi connectivity index (χ2v) is 9.60. The van der Waals surface area contributed by atoms with E-state index >= 15 is 0 Å². The number of hydrogen-bond donors (Lipinski definition) is 1. The van der Waals surface area contributed by atoms with Gasteiger partial charge in [0.05, 0.1) is 24.6 Å². The highest BCUT2D eigenvalue weighted by Crippen LogP contribution is 2.29. The van der Waals surface area contributed by atoms with Crippen LogP contribution in [0.5, 0.6) is 0 Å². The van der Waals surface area contributed by atoms with Gasteiger partial charge >= 0.3 is 5.97 Å². The lowest BCUT2D eigenvalue weighted by atomic mass is 10.2. The first-order valence-corrected chi connectivity index (χ1v) is 12.1. The average molecular weight is 475 g/mol. The summed E-state index contributed by atoms with van der Waals surface area (Å²) >= 11 is 1.21. The molecule has 1 saturated heterocycles. The summed E-state index contributed by atoms with van der Waals surface area (Å²) in [7, 11) is 0. The van der Waals surface area contributed by atoms with Crippen LogP contribution in [0.4, 0.5) is 0 Å². The first kappa shape index (κ1) is 23.5. The summed E-state index contributed by atoms with van der Waals surface area (Å²) in [5.74, 6) is 1.81. The number of fused-ring (bicyclic) bond motifs is 1. The monoisotopic (exact) mass is 474 g/mol. The smallest absolute Gasteiger partial charge is 0.348 e. The Morgan fingerprint density at radius 1 is 1.21 bits per heavy atom. The van der Waals surface area contributed by atoms with Crippen molar-refractivity contribution in [3.63, 3.8) is 0 Å². The highest BCUT2D eigenvalue weighted by Gasteiger charge is 2.26. The van der Waals surface area contributed by atoms with E-state index in [9.17, 15) is 9.59 Å². The van der Waals surface area contributed by atoms with Crippen molar-refractivity contribution in [1.82, 2.24) is 29.9 Å². The van der Waals surface area contributed by atoms with Crippen LogP contribution in [0.25, 0.3) is 10.2 Å². The van der Waals surface area contributed by atoms with Crippen LogP contribution < -0.4 is 5.56 Å². The van der Waals surface area contributed by atoms with Crippen molar-refractivity contribution in [1.29, 1.82) is 0 Å². The van der Waals surface area contributed by atoms with Gasteiger partial charge in [0.1, 0.15) is 15.5 Å². The number of thiophene rings is 1. The lowest BCUT2D eigenvalue weighted by molar-refractivity contribution is 0.0531. The lowest BCUT2D eigenvalue weighted by Crippen LogP contribution is -2.47. The van der Waals surface area contributed by atoms with Crippen molar-refractivity contribution in [2.45, 2.75) is 53.1 Å². The Balaban J connectivity index is 1.44. The number of aromatic nitrogens is 4. The molecule has 1 aliphatic rings. The van der Waals surface area contributed by atoms with Crippen LogP contribution >= 0.6 is 11.3 Å². The summed E-state index contributed by atoms with van der Waals surface area (Å²) in [4.78, 5) is 42.7. The topological polar surface area (TPSA) is 117 Å². The van der Waals surface area contributed by atoms with Crippen molar-refractivity contribution in [2.75, 3.05) is 32.8 Å². The number of ether oxygens (including phenoxy) is 1. The molecule has 3 aromatic rings. The van der Waals surface area contributed by atoms with E-state index in [1.54, 1.807) is 13.8 Å².